The molecule has 1 saturated carbocycles. The van der Waals surface area contributed by atoms with E-state index in [1.165, 1.54) is 6.07 Å². The minimum Gasteiger partial charge on any atom is -0.487 e. The highest BCUT2D eigenvalue weighted by Gasteiger charge is 2.52. The second-order valence-electron chi connectivity index (χ2n) is 8.39. The maximum Gasteiger partial charge on any atom is 0.417 e. The van der Waals surface area contributed by atoms with Crippen LogP contribution in [-0.2, 0) is 0 Å². The van der Waals surface area contributed by atoms with Crippen LogP contribution < -0.4 is 10.5 Å². The molecule has 7 nitrogen and oxygen atoms in total. The quantitative estimate of drug-likeness (QED) is 0.592. The van der Waals surface area contributed by atoms with Gasteiger partial charge in [-0.15, -0.1) is 0 Å². The summed E-state index contributed by atoms with van der Waals surface area (Å²) in [7, 11) is 0. The molecule has 2 aliphatic rings. The number of β-amino-alcohol motifs (C(OH)–C–C–N with tert-alkyl or cyclic N) is 2. The van der Waals surface area contributed by atoms with Crippen molar-refractivity contribution in [2.24, 2.45) is 5.92 Å². The van der Waals surface area contributed by atoms with E-state index >= 15 is 0 Å². The summed E-state index contributed by atoms with van der Waals surface area (Å²) in [5.41, 5.74) is 0.728. The number of aromatic amines is 1. The van der Waals surface area contributed by atoms with Gasteiger partial charge in [0.25, 0.3) is 0 Å². The summed E-state index contributed by atoms with van der Waals surface area (Å²) in [4.78, 5) is 15.9. The second kappa shape index (κ2) is 7.23. The molecule has 0 spiro atoms. The lowest BCUT2D eigenvalue weighted by molar-refractivity contribution is 0.0176. The number of benzene rings is 2. The summed E-state index contributed by atoms with van der Waals surface area (Å²) in [5.74, 6) is -0.711. The van der Waals surface area contributed by atoms with Crippen LogP contribution in [0.3, 0.4) is 0 Å². The molecule has 1 aliphatic carbocycles. The predicted octanol–water partition coefficient (Wildman–Crippen LogP) is 2.20. The van der Waals surface area contributed by atoms with Crippen LogP contribution in [0.5, 0.6) is 5.75 Å². The molecular weight excluding hydrogens is 391 g/mol. The van der Waals surface area contributed by atoms with Gasteiger partial charge in [-0.2, -0.15) is 0 Å². The van der Waals surface area contributed by atoms with Gasteiger partial charge in [0.2, 0.25) is 0 Å². The molecule has 3 aromatic rings. The molecule has 0 bridgehead atoms. The van der Waals surface area contributed by atoms with Gasteiger partial charge in [0.1, 0.15) is 6.10 Å². The van der Waals surface area contributed by atoms with Crippen molar-refractivity contribution in [3.8, 4) is 5.75 Å². The Balaban J connectivity index is 1.22. The average Bonchev–Trinajstić information content (AvgIpc) is 3.30. The molecule has 5 rings (SSSR count). The Labute approximate surface area is 171 Å². The van der Waals surface area contributed by atoms with Crippen molar-refractivity contribution in [2.75, 3.05) is 19.6 Å². The van der Waals surface area contributed by atoms with Gasteiger partial charge in [-0.3, -0.25) is 9.88 Å². The first-order valence-electron chi connectivity index (χ1n) is 10.1. The zero-order valence-corrected chi connectivity index (χ0v) is 16.3. The number of aromatic nitrogens is 1. The fourth-order valence-electron chi connectivity index (χ4n) is 4.85. The minimum absolute atomic E-state index is 0.00616. The van der Waals surface area contributed by atoms with Crippen molar-refractivity contribution in [2.45, 2.75) is 30.7 Å². The Morgan fingerprint density at radius 2 is 2.17 bits per heavy atom. The van der Waals surface area contributed by atoms with Gasteiger partial charge in [-0.25, -0.2) is 9.18 Å². The molecular formula is C22H23FN2O5. The number of hydrogen-bond donors (Lipinski definition) is 3. The van der Waals surface area contributed by atoms with Crippen LogP contribution in [0, 0.1) is 11.7 Å². The molecule has 0 amide bonds. The number of nitrogens with one attached hydrogen (secondary N) is 1. The van der Waals surface area contributed by atoms with Crippen LogP contribution in [0.4, 0.5) is 4.39 Å². The Morgan fingerprint density at radius 1 is 1.33 bits per heavy atom. The number of oxazole rings is 1. The number of rotatable bonds is 5. The molecule has 158 valence electrons. The fourth-order valence-corrected chi connectivity index (χ4v) is 4.85. The molecule has 4 atom stereocenters. The van der Waals surface area contributed by atoms with Crippen LogP contribution in [-0.4, -0.2) is 51.4 Å². The van der Waals surface area contributed by atoms with Crippen LogP contribution in [0.1, 0.15) is 24.5 Å². The Kier molecular flexibility index (Phi) is 4.65. The van der Waals surface area contributed by atoms with Gasteiger partial charge in [-0.1, -0.05) is 18.2 Å². The van der Waals surface area contributed by atoms with Gasteiger partial charge in [0, 0.05) is 32.0 Å². The van der Waals surface area contributed by atoms with Crippen molar-refractivity contribution >= 4 is 11.1 Å². The second-order valence-corrected chi connectivity index (χ2v) is 8.39. The van der Waals surface area contributed by atoms with Crippen molar-refractivity contribution in [1.29, 1.82) is 0 Å². The Bertz CT molecular complexity index is 1130. The van der Waals surface area contributed by atoms with E-state index in [0.29, 0.717) is 49.1 Å². The summed E-state index contributed by atoms with van der Waals surface area (Å²) >= 11 is 0. The highest BCUT2D eigenvalue weighted by Crippen LogP contribution is 2.43. The van der Waals surface area contributed by atoms with Gasteiger partial charge < -0.3 is 19.4 Å². The van der Waals surface area contributed by atoms with Gasteiger partial charge in [0.15, 0.2) is 17.1 Å². The zero-order valence-electron chi connectivity index (χ0n) is 16.3. The number of halogens is 1. The number of para-hydroxylation sites is 1. The first-order valence-corrected chi connectivity index (χ1v) is 10.1. The molecule has 30 heavy (non-hydrogen) atoms. The molecule has 8 heteroatoms. The number of aliphatic hydroxyl groups is 2. The van der Waals surface area contributed by atoms with E-state index in [-0.39, 0.29) is 17.8 Å². The normalized spacial score (nSPS) is 27.4. The van der Waals surface area contributed by atoms with E-state index < -0.39 is 23.3 Å². The monoisotopic (exact) mass is 414 g/mol. The molecule has 1 saturated heterocycles. The van der Waals surface area contributed by atoms with E-state index in [4.69, 9.17) is 9.15 Å². The third-order valence-corrected chi connectivity index (χ3v) is 6.26. The number of hydrogen-bond acceptors (Lipinski definition) is 6. The summed E-state index contributed by atoms with van der Waals surface area (Å²) in [5, 5.41) is 21.7. The zero-order chi connectivity index (χ0) is 20.9. The highest BCUT2D eigenvalue weighted by molar-refractivity contribution is 5.72. The molecule has 1 aliphatic heterocycles. The van der Waals surface area contributed by atoms with E-state index in [9.17, 15) is 19.4 Å². The topological polar surface area (TPSA) is 98.9 Å². The summed E-state index contributed by atoms with van der Waals surface area (Å²) < 4.78 is 24.7. The molecule has 1 aromatic heterocycles. The molecule has 0 radical (unpaired) electrons. The van der Waals surface area contributed by atoms with Gasteiger partial charge in [-0.05, 0) is 36.2 Å². The Hall–Kier alpha value is -2.68. The van der Waals surface area contributed by atoms with E-state index in [2.05, 4.69) is 4.98 Å². The average molecular weight is 414 g/mol. The fraction of sp³-hybridized carbons (Fsp3) is 0.409. The maximum absolute atomic E-state index is 13.8. The number of H-pyrrole nitrogens is 1. The number of likely N-dealkylation sites (tertiary alicyclic amines) is 1. The van der Waals surface area contributed by atoms with Gasteiger partial charge in [0.05, 0.1) is 17.2 Å². The third kappa shape index (κ3) is 3.51. The lowest BCUT2D eigenvalue weighted by atomic mass is 9.95. The first kappa shape index (κ1) is 19.3. The predicted molar refractivity (Wildman–Crippen MR) is 107 cm³/mol. The molecule has 3 N–H and O–H groups in total. The van der Waals surface area contributed by atoms with Crippen molar-refractivity contribution < 1.29 is 23.8 Å². The van der Waals surface area contributed by atoms with E-state index in [1.54, 1.807) is 36.4 Å². The van der Waals surface area contributed by atoms with Gasteiger partial charge >= 0.3 is 5.76 Å². The van der Waals surface area contributed by atoms with Crippen molar-refractivity contribution in [3.05, 3.63) is 64.4 Å². The number of ether oxygens (including phenoxy) is 1. The van der Waals surface area contributed by atoms with Crippen molar-refractivity contribution in [1.82, 2.24) is 9.88 Å². The minimum atomic E-state index is -0.910. The van der Waals surface area contributed by atoms with Crippen molar-refractivity contribution in [3.63, 3.8) is 0 Å². The van der Waals surface area contributed by atoms with Crippen LogP contribution in [0.25, 0.3) is 11.1 Å². The largest absolute Gasteiger partial charge is 0.487 e. The lowest BCUT2D eigenvalue weighted by Crippen LogP contribution is -2.36. The smallest absolute Gasteiger partial charge is 0.417 e. The summed E-state index contributed by atoms with van der Waals surface area (Å²) in [6.07, 6.45) is 0.0575. The number of fused-ring (bicyclic) bond motifs is 2. The summed E-state index contributed by atoms with van der Waals surface area (Å²) in [6.45, 7) is 1.41. The van der Waals surface area contributed by atoms with Crippen LogP contribution in [0.15, 0.2) is 51.7 Å². The van der Waals surface area contributed by atoms with Crippen LogP contribution >= 0.6 is 0 Å². The Morgan fingerprint density at radius 3 is 2.97 bits per heavy atom. The summed E-state index contributed by atoms with van der Waals surface area (Å²) in [6, 6.07) is 11.4. The SMILES string of the molecule is O=c1[nH]c2ccc(C(O)CN3C[C@H]4C[C@H](Oc5ccccc5F)C[C@@]4(O)C3)cc2o1. The number of nitrogens with zero attached hydrogens (tertiary/aromatic N) is 1. The molecule has 2 fully saturated rings. The molecule has 2 heterocycles. The van der Waals surface area contributed by atoms with E-state index in [0.717, 1.165) is 0 Å². The number of aliphatic hydroxyl groups excluding tert-OH is 1. The van der Waals surface area contributed by atoms with E-state index in [1.807, 2.05) is 4.90 Å². The maximum atomic E-state index is 13.8. The lowest BCUT2D eigenvalue weighted by Gasteiger charge is -2.25. The molecule has 1 unspecified atom stereocenters. The molecule has 2 aromatic carbocycles. The highest BCUT2D eigenvalue weighted by atomic mass is 19.1. The van der Waals surface area contributed by atoms with Crippen LogP contribution in [0.2, 0.25) is 0 Å². The first-order chi connectivity index (χ1) is 14.4. The standard InChI is InChI=1S/C22H23FN2O5/c23-16-3-1-2-4-19(16)29-15-8-14-10-25(12-22(14,28)9-15)11-18(26)13-5-6-17-20(7-13)30-21(27)24-17/h1-7,14-15,18,26,28H,8-12H2,(H,24,27)/t14-,15+,18?,22-/m1/s1. The third-order valence-electron chi connectivity index (χ3n) is 6.26.